The molecule has 6 heteroatoms. The van der Waals surface area contributed by atoms with Crippen LogP contribution in [0.5, 0.6) is 0 Å². The van der Waals surface area contributed by atoms with E-state index in [1.54, 1.807) is 0 Å². The zero-order valence-electron chi connectivity index (χ0n) is 15.3. The lowest BCUT2D eigenvalue weighted by atomic mass is 9.94. The molecule has 2 atom stereocenters. The number of β-lactam (4-membered cyclic amide) rings is 1. The van der Waals surface area contributed by atoms with E-state index in [2.05, 4.69) is 20.8 Å². The largest absolute Gasteiger partial charge is 0.443 e. The minimum Gasteiger partial charge on any atom is -0.443 e. The highest BCUT2D eigenvalue weighted by atomic mass is 28.4. The number of carbonyl (C=O) groups is 2. The van der Waals surface area contributed by atoms with Crippen LogP contribution in [0.25, 0.3) is 0 Å². The molecule has 0 N–H and O–H groups in total. The molecular weight excluding hydrogens is 310 g/mol. The smallest absolute Gasteiger partial charge is 0.417 e. The van der Waals surface area contributed by atoms with Crippen molar-refractivity contribution in [3.8, 4) is 0 Å². The van der Waals surface area contributed by atoms with E-state index >= 15 is 0 Å². The maximum atomic E-state index is 12.6. The second-order valence-electron chi connectivity index (χ2n) is 7.80. The number of ether oxygens (including phenoxy) is 1. The lowest BCUT2D eigenvalue weighted by molar-refractivity contribution is -0.163. The van der Waals surface area contributed by atoms with Gasteiger partial charge in [-0.1, -0.05) is 20.8 Å². The Morgan fingerprint density at radius 2 is 1.70 bits per heavy atom. The van der Waals surface area contributed by atoms with Crippen LogP contribution in [0.15, 0.2) is 0 Å². The van der Waals surface area contributed by atoms with Gasteiger partial charge in [-0.05, 0) is 57.7 Å². The van der Waals surface area contributed by atoms with Gasteiger partial charge in [0.2, 0.25) is 0 Å². The highest BCUT2D eigenvalue weighted by molar-refractivity contribution is 6.73. The summed E-state index contributed by atoms with van der Waals surface area (Å²) in [6.45, 7) is 11.9. The molecule has 2 rings (SSSR count). The monoisotopic (exact) mass is 341 g/mol. The predicted octanol–water partition coefficient (Wildman–Crippen LogP) is 3.93. The van der Waals surface area contributed by atoms with Gasteiger partial charge in [0, 0.05) is 0 Å². The van der Waals surface area contributed by atoms with E-state index in [9.17, 15) is 9.59 Å². The van der Waals surface area contributed by atoms with Gasteiger partial charge in [0.15, 0.2) is 8.32 Å². The lowest BCUT2D eigenvalue weighted by Crippen LogP contribution is -2.70. The first-order valence-electron chi connectivity index (χ1n) is 8.92. The van der Waals surface area contributed by atoms with Crippen molar-refractivity contribution < 1.29 is 18.8 Å². The van der Waals surface area contributed by atoms with Gasteiger partial charge in [0.05, 0.1) is 6.04 Å². The zero-order chi connectivity index (χ0) is 17.4. The molecule has 0 aromatic carbocycles. The normalized spacial score (nSPS) is 25.3. The first-order valence-corrected chi connectivity index (χ1v) is 11.4. The third kappa shape index (κ3) is 3.79. The molecule has 23 heavy (non-hydrogen) atoms. The molecule has 132 valence electrons. The van der Waals surface area contributed by atoms with Gasteiger partial charge in [-0.25, -0.2) is 9.69 Å². The van der Waals surface area contributed by atoms with Crippen LogP contribution in [0, 0.1) is 5.92 Å². The predicted molar refractivity (Wildman–Crippen MR) is 91.7 cm³/mol. The van der Waals surface area contributed by atoms with Crippen LogP contribution in [-0.4, -0.2) is 43.0 Å². The van der Waals surface area contributed by atoms with Crippen molar-refractivity contribution in [2.45, 2.75) is 90.3 Å². The highest BCUT2D eigenvalue weighted by Gasteiger charge is 2.59. The molecule has 1 aliphatic carbocycles. The summed E-state index contributed by atoms with van der Waals surface area (Å²) in [6, 6.07) is 2.91. The minimum atomic E-state index is -1.86. The molecule has 2 fully saturated rings. The molecular formula is C17H31NO4Si. The number of likely N-dealkylation sites (tertiary alicyclic amines) is 1. The number of carbonyl (C=O) groups excluding carboxylic acids is 2. The summed E-state index contributed by atoms with van der Waals surface area (Å²) in [5, 5.41) is 0. The number of hydrogen-bond acceptors (Lipinski definition) is 4. The van der Waals surface area contributed by atoms with E-state index in [-0.39, 0.29) is 11.9 Å². The van der Waals surface area contributed by atoms with Crippen molar-refractivity contribution in [1.29, 1.82) is 0 Å². The standard InChI is InChI=1S/C17H31NO4Si/c1-7-23(8-2,9-3)22-14-13(12-10-11-12)18(15(14)19)16(20)21-17(4,5)6/h12-14H,7-11H2,1-6H3/t13-,14+/m0/s1. The number of hydrogen-bond donors (Lipinski definition) is 0. The van der Waals surface area contributed by atoms with E-state index < -0.39 is 26.1 Å². The molecule has 2 aliphatic rings. The Morgan fingerprint density at radius 3 is 2.09 bits per heavy atom. The summed E-state index contributed by atoms with van der Waals surface area (Å²) in [5.41, 5.74) is -0.591. The third-order valence-electron chi connectivity index (χ3n) is 5.09. The average Bonchev–Trinajstić information content (AvgIpc) is 3.28. The molecule has 5 nitrogen and oxygen atoms in total. The lowest BCUT2D eigenvalue weighted by Gasteiger charge is -2.48. The maximum Gasteiger partial charge on any atom is 0.417 e. The molecule has 1 saturated carbocycles. The summed E-state index contributed by atoms with van der Waals surface area (Å²) in [7, 11) is -1.86. The topological polar surface area (TPSA) is 55.8 Å². The summed E-state index contributed by atoms with van der Waals surface area (Å²) in [5.74, 6) is 0.186. The Balaban J connectivity index is 2.11. The van der Waals surface area contributed by atoms with Crippen LogP contribution >= 0.6 is 0 Å². The van der Waals surface area contributed by atoms with Crippen molar-refractivity contribution in [1.82, 2.24) is 4.90 Å². The number of rotatable bonds is 6. The van der Waals surface area contributed by atoms with Gasteiger partial charge in [-0.15, -0.1) is 0 Å². The van der Waals surface area contributed by atoms with Crippen molar-refractivity contribution in [3.63, 3.8) is 0 Å². The summed E-state index contributed by atoms with van der Waals surface area (Å²) < 4.78 is 11.8. The van der Waals surface area contributed by atoms with E-state index in [0.717, 1.165) is 31.0 Å². The molecule has 0 radical (unpaired) electrons. The van der Waals surface area contributed by atoms with Crippen LogP contribution < -0.4 is 0 Å². The minimum absolute atomic E-state index is 0.117. The van der Waals surface area contributed by atoms with Gasteiger partial charge in [-0.2, -0.15) is 0 Å². The molecule has 1 aliphatic heterocycles. The maximum absolute atomic E-state index is 12.6. The second kappa shape index (κ2) is 6.55. The van der Waals surface area contributed by atoms with Gasteiger partial charge in [-0.3, -0.25) is 4.79 Å². The molecule has 0 aromatic rings. The average molecular weight is 342 g/mol. The van der Waals surface area contributed by atoms with Gasteiger partial charge in [0.25, 0.3) is 5.91 Å². The number of imide groups is 1. The van der Waals surface area contributed by atoms with Crippen molar-refractivity contribution in [2.24, 2.45) is 5.92 Å². The molecule has 2 amide bonds. The molecule has 0 spiro atoms. The number of nitrogens with zero attached hydrogens (tertiary/aromatic N) is 1. The van der Waals surface area contributed by atoms with Crippen molar-refractivity contribution in [3.05, 3.63) is 0 Å². The van der Waals surface area contributed by atoms with Crippen molar-refractivity contribution in [2.75, 3.05) is 0 Å². The Labute approximate surface area is 140 Å². The molecule has 1 saturated heterocycles. The Bertz CT molecular complexity index is 457. The molecule has 0 aromatic heterocycles. The first kappa shape index (κ1) is 18.5. The van der Waals surface area contributed by atoms with E-state index in [0.29, 0.717) is 5.92 Å². The van der Waals surface area contributed by atoms with Crippen molar-refractivity contribution >= 4 is 20.3 Å². The SMILES string of the molecule is CC[Si](CC)(CC)O[C@H]1C(=O)N(C(=O)OC(C)(C)C)[C@H]1C1CC1. The highest BCUT2D eigenvalue weighted by Crippen LogP contribution is 2.45. The van der Waals surface area contributed by atoms with Crippen LogP contribution in [-0.2, 0) is 14.0 Å². The van der Waals surface area contributed by atoms with Crippen LogP contribution in [0.3, 0.4) is 0 Å². The van der Waals surface area contributed by atoms with Gasteiger partial charge >= 0.3 is 6.09 Å². The zero-order valence-corrected chi connectivity index (χ0v) is 16.3. The van der Waals surface area contributed by atoms with Gasteiger partial charge < -0.3 is 9.16 Å². The van der Waals surface area contributed by atoms with E-state index in [1.807, 2.05) is 20.8 Å². The van der Waals surface area contributed by atoms with E-state index in [4.69, 9.17) is 9.16 Å². The second-order valence-corrected chi connectivity index (χ2v) is 12.5. The van der Waals surface area contributed by atoms with Crippen LogP contribution in [0.2, 0.25) is 18.1 Å². The quantitative estimate of drug-likeness (QED) is 0.542. The summed E-state index contributed by atoms with van der Waals surface area (Å²) >= 11 is 0. The summed E-state index contributed by atoms with van der Waals surface area (Å²) in [4.78, 5) is 26.2. The Morgan fingerprint density at radius 1 is 1.17 bits per heavy atom. The summed E-state index contributed by atoms with van der Waals surface area (Å²) in [6.07, 6.45) is 1.18. The van der Waals surface area contributed by atoms with E-state index in [1.165, 1.54) is 4.90 Å². The number of amides is 2. The molecule has 0 unspecified atom stereocenters. The third-order valence-corrected chi connectivity index (χ3v) is 9.71. The van der Waals surface area contributed by atoms with Gasteiger partial charge in [0.1, 0.15) is 11.7 Å². The molecule has 0 bridgehead atoms. The Hall–Kier alpha value is -0.883. The van der Waals surface area contributed by atoms with Crippen LogP contribution in [0.4, 0.5) is 4.79 Å². The Kier molecular flexibility index (Phi) is 5.26. The first-order chi connectivity index (χ1) is 10.7. The van der Waals surface area contributed by atoms with Crippen LogP contribution in [0.1, 0.15) is 54.4 Å². The fraction of sp³-hybridized carbons (Fsp3) is 0.882. The fourth-order valence-corrected chi connectivity index (χ4v) is 6.07. The fourth-order valence-electron chi connectivity index (χ4n) is 3.29. The molecule has 1 heterocycles.